The fourth-order valence-corrected chi connectivity index (χ4v) is 1.66. The van der Waals surface area contributed by atoms with Crippen molar-refractivity contribution in [2.75, 3.05) is 13.7 Å². The molecule has 0 spiro atoms. The van der Waals surface area contributed by atoms with Crippen molar-refractivity contribution in [3.05, 3.63) is 41.6 Å². The summed E-state index contributed by atoms with van der Waals surface area (Å²) >= 11 is 0. The second-order valence-electron chi connectivity index (χ2n) is 3.99. The third-order valence-electron chi connectivity index (χ3n) is 2.57. The molecule has 1 N–H and O–H groups in total. The molecule has 1 aromatic heterocycles. The highest BCUT2D eigenvalue weighted by Gasteiger charge is 2.01. The van der Waals surface area contributed by atoms with Crippen LogP contribution in [0.5, 0.6) is 5.75 Å². The molecule has 0 bridgehead atoms. The second-order valence-corrected chi connectivity index (χ2v) is 3.99. The summed E-state index contributed by atoms with van der Waals surface area (Å²) in [5.74, 6) is 2.11. The molecule has 0 amide bonds. The molecule has 5 heteroatoms. The predicted molar refractivity (Wildman–Crippen MR) is 67.4 cm³/mol. The number of methoxy groups -OCH3 is 1. The zero-order valence-electron chi connectivity index (χ0n) is 10.6. The summed E-state index contributed by atoms with van der Waals surface area (Å²) in [5, 5.41) is 11.0. The summed E-state index contributed by atoms with van der Waals surface area (Å²) in [6, 6.07) is 8.06. The molecular weight excluding hydrogens is 230 g/mol. The van der Waals surface area contributed by atoms with Gasteiger partial charge in [-0.05, 0) is 30.7 Å². The van der Waals surface area contributed by atoms with Crippen LogP contribution >= 0.6 is 0 Å². The molecule has 18 heavy (non-hydrogen) atoms. The van der Waals surface area contributed by atoms with Gasteiger partial charge in [-0.25, -0.2) is 0 Å². The van der Waals surface area contributed by atoms with E-state index >= 15 is 0 Å². The van der Waals surface area contributed by atoms with Crippen molar-refractivity contribution in [3.8, 4) is 5.75 Å². The highest BCUT2D eigenvalue weighted by molar-refractivity contribution is 5.28. The summed E-state index contributed by atoms with van der Waals surface area (Å²) in [6.07, 6.45) is 0.935. The largest absolute Gasteiger partial charge is 0.497 e. The van der Waals surface area contributed by atoms with Crippen LogP contribution in [0, 0.1) is 6.92 Å². The summed E-state index contributed by atoms with van der Waals surface area (Å²) in [7, 11) is 1.68. The predicted octanol–water partition coefficient (Wildman–Crippen LogP) is 1.72. The van der Waals surface area contributed by atoms with Crippen LogP contribution in [0.2, 0.25) is 0 Å². The first-order valence-corrected chi connectivity index (χ1v) is 5.90. The van der Waals surface area contributed by atoms with Crippen molar-refractivity contribution in [1.82, 2.24) is 15.5 Å². The molecule has 0 atom stereocenters. The Bertz CT molecular complexity index is 496. The van der Waals surface area contributed by atoms with Crippen molar-refractivity contribution >= 4 is 0 Å². The molecule has 2 rings (SSSR count). The first-order chi connectivity index (χ1) is 8.78. The summed E-state index contributed by atoms with van der Waals surface area (Å²) in [5.41, 5.74) is 1.24. The molecule has 0 aliphatic rings. The number of nitrogens with zero attached hydrogens (tertiary/aromatic N) is 2. The van der Waals surface area contributed by atoms with E-state index in [1.165, 1.54) is 5.56 Å². The molecule has 5 nitrogen and oxygen atoms in total. The van der Waals surface area contributed by atoms with Crippen LogP contribution in [0.4, 0.5) is 0 Å². The monoisotopic (exact) mass is 247 g/mol. The van der Waals surface area contributed by atoms with Gasteiger partial charge in [-0.3, -0.25) is 0 Å². The van der Waals surface area contributed by atoms with Gasteiger partial charge in [0.05, 0.1) is 13.7 Å². The van der Waals surface area contributed by atoms with Gasteiger partial charge < -0.3 is 14.5 Å². The lowest BCUT2D eigenvalue weighted by Gasteiger charge is -2.04. The number of aromatic nitrogens is 2. The standard InChI is InChI=1S/C13H17N3O2/c1-10-15-16-13(18-10)9-14-7-6-11-4-3-5-12(8-11)17-2/h3-5,8,14H,6-7,9H2,1-2H3. The van der Waals surface area contributed by atoms with Gasteiger partial charge in [-0.15, -0.1) is 10.2 Å². The zero-order valence-corrected chi connectivity index (χ0v) is 10.6. The van der Waals surface area contributed by atoms with Gasteiger partial charge in [0.2, 0.25) is 11.8 Å². The Balaban J connectivity index is 1.74. The van der Waals surface area contributed by atoms with Crippen LogP contribution in [0.25, 0.3) is 0 Å². The first kappa shape index (κ1) is 12.6. The highest BCUT2D eigenvalue weighted by Crippen LogP contribution is 2.12. The summed E-state index contributed by atoms with van der Waals surface area (Å²) in [6.45, 7) is 3.24. The van der Waals surface area contributed by atoms with Crippen LogP contribution in [-0.2, 0) is 13.0 Å². The van der Waals surface area contributed by atoms with Crippen molar-refractivity contribution in [1.29, 1.82) is 0 Å². The maximum absolute atomic E-state index is 5.27. The minimum Gasteiger partial charge on any atom is -0.497 e. The minimum absolute atomic E-state index is 0.597. The van der Waals surface area contributed by atoms with E-state index in [1.807, 2.05) is 18.2 Å². The molecule has 2 aromatic rings. The van der Waals surface area contributed by atoms with Crippen LogP contribution < -0.4 is 10.1 Å². The van der Waals surface area contributed by atoms with E-state index < -0.39 is 0 Å². The Morgan fingerprint density at radius 2 is 2.22 bits per heavy atom. The third kappa shape index (κ3) is 3.56. The molecule has 1 heterocycles. The van der Waals surface area contributed by atoms with Crippen LogP contribution in [0.3, 0.4) is 0 Å². The number of ether oxygens (including phenoxy) is 1. The Morgan fingerprint density at radius 1 is 1.33 bits per heavy atom. The Labute approximate surface area is 106 Å². The minimum atomic E-state index is 0.597. The fourth-order valence-electron chi connectivity index (χ4n) is 1.66. The number of benzene rings is 1. The van der Waals surface area contributed by atoms with E-state index in [0.29, 0.717) is 18.3 Å². The van der Waals surface area contributed by atoms with Gasteiger partial charge in [-0.2, -0.15) is 0 Å². The van der Waals surface area contributed by atoms with Gasteiger partial charge >= 0.3 is 0 Å². The van der Waals surface area contributed by atoms with Gasteiger partial charge in [0.15, 0.2) is 0 Å². The van der Waals surface area contributed by atoms with Gasteiger partial charge in [0, 0.05) is 6.92 Å². The van der Waals surface area contributed by atoms with Crippen molar-refractivity contribution in [3.63, 3.8) is 0 Å². The molecule has 0 unspecified atom stereocenters. The Hall–Kier alpha value is -1.88. The molecule has 0 aliphatic heterocycles. The highest BCUT2D eigenvalue weighted by atomic mass is 16.5. The van der Waals surface area contributed by atoms with E-state index in [-0.39, 0.29) is 0 Å². The summed E-state index contributed by atoms with van der Waals surface area (Å²) in [4.78, 5) is 0. The van der Waals surface area contributed by atoms with Gasteiger partial charge in [0.25, 0.3) is 0 Å². The van der Waals surface area contributed by atoms with Crippen LogP contribution in [0.15, 0.2) is 28.7 Å². The van der Waals surface area contributed by atoms with E-state index in [2.05, 4.69) is 21.6 Å². The summed E-state index contributed by atoms with van der Waals surface area (Å²) < 4.78 is 10.4. The van der Waals surface area contributed by atoms with Gasteiger partial charge in [-0.1, -0.05) is 12.1 Å². The van der Waals surface area contributed by atoms with Crippen molar-refractivity contribution < 1.29 is 9.15 Å². The SMILES string of the molecule is COc1cccc(CCNCc2nnc(C)o2)c1. The molecular formula is C13H17N3O2. The second kappa shape index (κ2) is 6.16. The number of aryl methyl sites for hydroxylation is 1. The van der Waals surface area contributed by atoms with E-state index in [1.54, 1.807) is 14.0 Å². The van der Waals surface area contributed by atoms with E-state index in [9.17, 15) is 0 Å². The maximum Gasteiger partial charge on any atom is 0.230 e. The maximum atomic E-state index is 5.27. The fraction of sp³-hybridized carbons (Fsp3) is 0.385. The van der Waals surface area contributed by atoms with Crippen LogP contribution in [-0.4, -0.2) is 23.9 Å². The topological polar surface area (TPSA) is 60.2 Å². The lowest BCUT2D eigenvalue weighted by Crippen LogP contribution is -2.16. The lowest BCUT2D eigenvalue weighted by atomic mass is 10.1. The quantitative estimate of drug-likeness (QED) is 0.787. The molecule has 1 aromatic carbocycles. The number of hydrogen-bond donors (Lipinski definition) is 1. The molecule has 0 saturated heterocycles. The Morgan fingerprint density at radius 3 is 2.94 bits per heavy atom. The van der Waals surface area contributed by atoms with Crippen molar-refractivity contribution in [2.24, 2.45) is 0 Å². The van der Waals surface area contributed by atoms with E-state index in [4.69, 9.17) is 9.15 Å². The van der Waals surface area contributed by atoms with Crippen LogP contribution in [0.1, 0.15) is 17.3 Å². The smallest absolute Gasteiger partial charge is 0.230 e. The molecule has 0 radical (unpaired) electrons. The number of hydrogen-bond acceptors (Lipinski definition) is 5. The normalized spacial score (nSPS) is 10.6. The molecule has 96 valence electrons. The van der Waals surface area contributed by atoms with Crippen molar-refractivity contribution in [2.45, 2.75) is 19.9 Å². The lowest BCUT2D eigenvalue weighted by molar-refractivity contribution is 0.414. The molecule has 0 aliphatic carbocycles. The number of rotatable bonds is 6. The third-order valence-corrected chi connectivity index (χ3v) is 2.57. The zero-order chi connectivity index (χ0) is 12.8. The molecule has 0 fully saturated rings. The first-order valence-electron chi connectivity index (χ1n) is 5.90. The average Bonchev–Trinajstić information content (AvgIpc) is 2.81. The van der Waals surface area contributed by atoms with Gasteiger partial charge in [0.1, 0.15) is 5.75 Å². The molecule has 0 saturated carbocycles. The Kier molecular flexibility index (Phi) is 4.30. The number of nitrogens with one attached hydrogen (secondary N) is 1. The van der Waals surface area contributed by atoms with E-state index in [0.717, 1.165) is 18.7 Å². The average molecular weight is 247 g/mol.